The molecule has 0 saturated carbocycles. The molecule has 2 unspecified atom stereocenters. The van der Waals surface area contributed by atoms with Crippen LogP contribution >= 0.6 is 23.7 Å². The zero-order chi connectivity index (χ0) is 15.4. The number of hydrogen-bond acceptors (Lipinski definition) is 4. The molecule has 22 heavy (non-hydrogen) atoms. The summed E-state index contributed by atoms with van der Waals surface area (Å²) in [7, 11) is 0. The fourth-order valence-corrected chi connectivity index (χ4v) is 2.72. The Balaban J connectivity index is 0.00000242. The van der Waals surface area contributed by atoms with Crippen LogP contribution in [0.15, 0.2) is 29.6 Å². The van der Waals surface area contributed by atoms with Crippen LogP contribution in [0.2, 0.25) is 0 Å². The summed E-state index contributed by atoms with van der Waals surface area (Å²) in [6, 6.07) is 7.21. The van der Waals surface area contributed by atoms with E-state index in [1.807, 2.05) is 50.4 Å². The van der Waals surface area contributed by atoms with Crippen molar-refractivity contribution in [1.82, 2.24) is 4.98 Å². The largest absolute Gasteiger partial charge is 0.325 e. The molecule has 0 saturated heterocycles. The lowest BCUT2D eigenvalue weighted by atomic mass is 9.99. The topological polar surface area (TPSA) is 68.0 Å². The lowest BCUT2D eigenvalue weighted by molar-refractivity contribution is -0.118. The van der Waals surface area contributed by atoms with Gasteiger partial charge in [-0.2, -0.15) is 0 Å². The molecule has 2 rings (SSSR count). The van der Waals surface area contributed by atoms with Crippen molar-refractivity contribution < 1.29 is 4.79 Å². The summed E-state index contributed by atoms with van der Waals surface area (Å²) in [5.41, 5.74) is 8.76. The van der Waals surface area contributed by atoms with Gasteiger partial charge in [-0.1, -0.05) is 20.3 Å². The SMILES string of the molecule is CCC(C)C(N)C(=O)Nc1ccc(-c2nc(C)cs2)cc1.Cl. The van der Waals surface area contributed by atoms with Crippen molar-refractivity contribution >= 4 is 35.3 Å². The number of aromatic nitrogens is 1. The van der Waals surface area contributed by atoms with E-state index < -0.39 is 6.04 Å². The predicted molar refractivity (Wildman–Crippen MR) is 95.6 cm³/mol. The summed E-state index contributed by atoms with van der Waals surface area (Å²) in [4.78, 5) is 16.5. The van der Waals surface area contributed by atoms with Crippen LogP contribution in [0.4, 0.5) is 5.69 Å². The van der Waals surface area contributed by atoms with Gasteiger partial charge in [0.15, 0.2) is 0 Å². The summed E-state index contributed by atoms with van der Waals surface area (Å²) in [6.07, 6.45) is 0.886. The number of aryl methyl sites for hydroxylation is 1. The minimum atomic E-state index is -0.476. The van der Waals surface area contributed by atoms with Gasteiger partial charge in [-0.05, 0) is 37.1 Å². The lowest BCUT2D eigenvalue weighted by Crippen LogP contribution is -2.40. The third-order valence-corrected chi connectivity index (χ3v) is 4.59. The van der Waals surface area contributed by atoms with Crippen molar-refractivity contribution in [3.05, 3.63) is 35.3 Å². The molecule has 0 spiro atoms. The van der Waals surface area contributed by atoms with Crippen molar-refractivity contribution in [1.29, 1.82) is 0 Å². The molecule has 0 aliphatic heterocycles. The third-order valence-electron chi connectivity index (χ3n) is 3.58. The van der Waals surface area contributed by atoms with Crippen LogP contribution in [0.3, 0.4) is 0 Å². The Kier molecular flexibility index (Phi) is 7.00. The second kappa shape index (κ2) is 8.27. The van der Waals surface area contributed by atoms with Crippen molar-refractivity contribution in [3.63, 3.8) is 0 Å². The highest BCUT2D eigenvalue weighted by atomic mass is 35.5. The molecule has 0 radical (unpaired) electrons. The molecular weight excluding hydrogens is 318 g/mol. The molecule has 0 fully saturated rings. The van der Waals surface area contributed by atoms with Gasteiger partial charge in [0, 0.05) is 22.3 Å². The lowest BCUT2D eigenvalue weighted by Gasteiger charge is -2.17. The maximum Gasteiger partial charge on any atom is 0.241 e. The maximum absolute atomic E-state index is 12.0. The number of halogens is 1. The van der Waals surface area contributed by atoms with Gasteiger partial charge in [-0.3, -0.25) is 4.79 Å². The van der Waals surface area contributed by atoms with E-state index in [1.54, 1.807) is 11.3 Å². The fourth-order valence-electron chi connectivity index (χ4n) is 1.92. The molecule has 0 aliphatic rings. The van der Waals surface area contributed by atoms with E-state index in [-0.39, 0.29) is 24.2 Å². The van der Waals surface area contributed by atoms with Crippen molar-refractivity contribution in [2.45, 2.75) is 33.2 Å². The molecule has 120 valence electrons. The summed E-state index contributed by atoms with van der Waals surface area (Å²) in [5.74, 6) is 0.0322. The maximum atomic E-state index is 12.0. The van der Waals surface area contributed by atoms with E-state index in [1.165, 1.54) is 0 Å². The number of nitrogens with two attached hydrogens (primary N) is 1. The number of nitrogens with one attached hydrogen (secondary N) is 1. The van der Waals surface area contributed by atoms with Gasteiger partial charge in [0.25, 0.3) is 0 Å². The Morgan fingerprint density at radius 1 is 1.36 bits per heavy atom. The van der Waals surface area contributed by atoms with Crippen LogP contribution in [0.5, 0.6) is 0 Å². The molecule has 1 amide bonds. The van der Waals surface area contributed by atoms with Gasteiger partial charge < -0.3 is 11.1 Å². The summed E-state index contributed by atoms with van der Waals surface area (Å²) in [5, 5.41) is 5.87. The highest BCUT2D eigenvalue weighted by Crippen LogP contribution is 2.24. The molecule has 0 aliphatic carbocycles. The van der Waals surface area contributed by atoms with Crippen LogP contribution in [0, 0.1) is 12.8 Å². The fraction of sp³-hybridized carbons (Fsp3) is 0.375. The molecule has 6 heteroatoms. The van der Waals surface area contributed by atoms with Gasteiger partial charge in [-0.25, -0.2) is 4.98 Å². The highest BCUT2D eigenvalue weighted by molar-refractivity contribution is 7.13. The highest BCUT2D eigenvalue weighted by Gasteiger charge is 2.19. The first-order valence-corrected chi connectivity index (χ1v) is 7.98. The summed E-state index contributed by atoms with van der Waals surface area (Å²) >= 11 is 1.62. The van der Waals surface area contributed by atoms with Crippen LogP contribution in [-0.2, 0) is 4.79 Å². The zero-order valence-electron chi connectivity index (χ0n) is 13.0. The van der Waals surface area contributed by atoms with Crippen LogP contribution in [-0.4, -0.2) is 16.9 Å². The Morgan fingerprint density at radius 3 is 2.50 bits per heavy atom. The summed E-state index contributed by atoms with van der Waals surface area (Å²) in [6.45, 7) is 5.99. The standard InChI is InChI=1S/C16H21N3OS.ClH/c1-4-10(2)14(17)15(20)19-13-7-5-12(6-8-13)16-18-11(3)9-21-16;/h5-10,14H,4,17H2,1-3H3,(H,19,20);1H. The molecule has 0 bridgehead atoms. The van der Waals surface area contributed by atoms with E-state index in [0.717, 1.165) is 28.4 Å². The van der Waals surface area contributed by atoms with Gasteiger partial charge in [-0.15, -0.1) is 23.7 Å². The number of carbonyl (C=O) groups excluding carboxylic acids is 1. The molecule has 3 N–H and O–H groups in total. The molecule has 1 heterocycles. The van der Waals surface area contributed by atoms with Gasteiger partial charge in [0.1, 0.15) is 5.01 Å². The normalized spacial score (nSPS) is 13.1. The minimum Gasteiger partial charge on any atom is -0.325 e. The molecule has 1 aromatic carbocycles. The quantitative estimate of drug-likeness (QED) is 0.869. The Hall–Kier alpha value is -1.43. The van der Waals surface area contributed by atoms with Crippen LogP contribution in [0.1, 0.15) is 26.0 Å². The minimum absolute atomic E-state index is 0. The Morgan fingerprint density at radius 2 is 2.00 bits per heavy atom. The number of rotatable bonds is 5. The number of benzene rings is 1. The van der Waals surface area contributed by atoms with E-state index in [9.17, 15) is 4.79 Å². The summed E-state index contributed by atoms with van der Waals surface area (Å²) < 4.78 is 0. The average Bonchev–Trinajstić information content (AvgIpc) is 2.93. The molecular formula is C16H22ClN3OS. The first-order chi connectivity index (χ1) is 10.0. The first-order valence-electron chi connectivity index (χ1n) is 7.10. The second-order valence-corrected chi connectivity index (χ2v) is 6.13. The average molecular weight is 340 g/mol. The number of anilines is 1. The number of nitrogens with zero attached hydrogens (tertiary/aromatic N) is 1. The molecule has 2 aromatic rings. The predicted octanol–water partition coefficient (Wildman–Crippen LogP) is 3.85. The number of hydrogen-bond donors (Lipinski definition) is 2. The van der Waals surface area contributed by atoms with E-state index in [2.05, 4.69) is 10.3 Å². The zero-order valence-corrected chi connectivity index (χ0v) is 14.6. The van der Waals surface area contributed by atoms with Gasteiger partial charge in [0.05, 0.1) is 6.04 Å². The number of carbonyl (C=O) groups is 1. The second-order valence-electron chi connectivity index (χ2n) is 5.27. The van der Waals surface area contributed by atoms with Gasteiger partial charge >= 0.3 is 0 Å². The number of thiazole rings is 1. The van der Waals surface area contributed by atoms with Crippen molar-refractivity contribution in [2.24, 2.45) is 11.7 Å². The van der Waals surface area contributed by atoms with E-state index in [4.69, 9.17) is 5.73 Å². The molecule has 2 atom stereocenters. The van der Waals surface area contributed by atoms with Crippen LogP contribution in [0.25, 0.3) is 10.6 Å². The first kappa shape index (κ1) is 18.6. The van der Waals surface area contributed by atoms with E-state index >= 15 is 0 Å². The number of amides is 1. The molecule has 1 aromatic heterocycles. The van der Waals surface area contributed by atoms with Crippen molar-refractivity contribution in [3.8, 4) is 10.6 Å². The van der Waals surface area contributed by atoms with Gasteiger partial charge in [0.2, 0.25) is 5.91 Å². The van der Waals surface area contributed by atoms with E-state index in [0.29, 0.717) is 0 Å². The monoisotopic (exact) mass is 339 g/mol. The smallest absolute Gasteiger partial charge is 0.241 e. The molecule has 4 nitrogen and oxygen atoms in total. The Labute approximate surface area is 141 Å². The Bertz CT molecular complexity index is 612. The van der Waals surface area contributed by atoms with Crippen LogP contribution < -0.4 is 11.1 Å². The van der Waals surface area contributed by atoms with Crippen molar-refractivity contribution in [2.75, 3.05) is 5.32 Å². The third kappa shape index (κ3) is 4.53.